The molecular weight excluding hydrogens is 438 g/mol. The van der Waals surface area contributed by atoms with Crippen molar-refractivity contribution < 1.29 is 8.85 Å². The Balaban J connectivity index is 1.74. The number of aromatic amines is 1. The molecule has 3 aromatic rings. The van der Waals surface area contributed by atoms with Crippen LogP contribution in [0.15, 0.2) is 87.0 Å². The van der Waals surface area contributed by atoms with E-state index < -0.39 is 19.5 Å². The molecule has 1 aromatic heterocycles. The molecule has 0 aliphatic heterocycles. The van der Waals surface area contributed by atoms with E-state index >= 15 is 0 Å². The van der Waals surface area contributed by atoms with Crippen LogP contribution in [0.3, 0.4) is 0 Å². The fourth-order valence-electron chi connectivity index (χ4n) is 4.12. The van der Waals surface area contributed by atoms with E-state index in [1.54, 1.807) is 0 Å². The molecule has 0 saturated carbocycles. The number of H-pyrrole nitrogens is 1. The molecule has 0 saturated heterocycles. The minimum atomic E-state index is -0.814. The van der Waals surface area contributed by atoms with Gasteiger partial charge in [0, 0.05) is 34.0 Å². The molecule has 0 fully saturated rings. The van der Waals surface area contributed by atoms with Crippen LogP contribution in [0.5, 0.6) is 0 Å². The first-order valence-electron chi connectivity index (χ1n) is 11.9. The van der Waals surface area contributed by atoms with Crippen molar-refractivity contribution in [1.29, 1.82) is 0 Å². The second-order valence-corrected chi connectivity index (χ2v) is 11.4. The molecule has 0 amide bonds. The van der Waals surface area contributed by atoms with Crippen molar-refractivity contribution in [3.63, 3.8) is 0 Å². The number of aromatic nitrogens is 1. The topological polar surface area (TPSA) is 34.2 Å². The van der Waals surface area contributed by atoms with E-state index in [0.717, 1.165) is 38.5 Å². The quantitative estimate of drug-likeness (QED) is 0.243. The number of hydrogen-bond donors (Lipinski definition) is 1. The first kappa shape index (κ1) is 25.2. The van der Waals surface area contributed by atoms with Crippen LogP contribution in [0.2, 0.25) is 0 Å². The van der Waals surface area contributed by atoms with E-state index in [-0.39, 0.29) is 12.2 Å². The maximum atomic E-state index is 6.33. The van der Waals surface area contributed by atoms with Crippen molar-refractivity contribution in [3.05, 3.63) is 87.0 Å². The first-order chi connectivity index (χ1) is 16.2. The van der Waals surface area contributed by atoms with Crippen LogP contribution in [-0.4, -0.2) is 36.7 Å². The summed E-state index contributed by atoms with van der Waals surface area (Å²) in [5, 5.41) is 5.20. The third-order valence-corrected chi connectivity index (χ3v) is 8.77. The van der Waals surface area contributed by atoms with E-state index in [0.29, 0.717) is 0 Å². The Morgan fingerprint density at radius 2 is 1.15 bits per heavy atom. The van der Waals surface area contributed by atoms with Gasteiger partial charge < -0.3 is 13.8 Å². The van der Waals surface area contributed by atoms with Crippen molar-refractivity contribution in [3.8, 4) is 0 Å². The van der Waals surface area contributed by atoms with Gasteiger partial charge in [0.05, 0.1) is 0 Å². The summed E-state index contributed by atoms with van der Waals surface area (Å²) in [6.45, 7) is 15.4. The summed E-state index contributed by atoms with van der Waals surface area (Å²) in [6, 6.07) is 13.4. The van der Waals surface area contributed by atoms with Crippen LogP contribution >= 0.6 is 0 Å². The number of benzene rings is 2. The second kappa shape index (κ2) is 13.3. The smallest absolute Gasteiger partial charge is 0.192 e. The molecule has 33 heavy (non-hydrogen) atoms. The van der Waals surface area contributed by atoms with Gasteiger partial charge in [-0.3, -0.25) is 0 Å². The molecule has 5 heteroatoms. The third kappa shape index (κ3) is 7.27. The van der Waals surface area contributed by atoms with E-state index in [2.05, 4.69) is 67.7 Å². The van der Waals surface area contributed by atoms with Crippen LogP contribution in [0.25, 0.3) is 21.8 Å². The van der Waals surface area contributed by atoms with Crippen LogP contribution in [0, 0.1) is 0 Å². The monoisotopic (exact) mass is 475 g/mol. The summed E-state index contributed by atoms with van der Waals surface area (Å²) in [5.41, 5.74) is 2.35. The van der Waals surface area contributed by atoms with Gasteiger partial charge in [-0.15, -0.1) is 26.3 Å². The number of fused-ring (bicyclic) bond motifs is 3. The van der Waals surface area contributed by atoms with Crippen molar-refractivity contribution in [2.45, 2.75) is 50.7 Å². The summed E-state index contributed by atoms with van der Waals surface area (Å²) in [7, 11) is -1.63. The third-order valence-electron chi connectivity index (χ3n) is 5.94. The Morgan fingerprint density at radius 3 is 1.55 bits per heavy atom. The molecule has 2 aromatic carbocycles. The maximum Gasteiger partial charge on any atom is 0.192 e. The van der Waals surface area contributed by atoms with Crippen LogP contribution < -0.4 is 10.4 Å². The molecule has 2 atom stereocenters. The highest BCUT2D eigenvalue weighted by Crippen LogP contribution is 2.23. The Morgan fingerprint density at radius 1 is 0.697 bits per heavy atom. The van der Waals surface area contributed by atoms with Gasteiger partial charge in [0.15, 0.2) is 19.5 Å². The Labute approximate surface area is 203 Å². The van der Waals surface area contributed by atoms with Crippen molar-refractivity contribution in [1.82, 2.24) is 4.98 Å². The number of hydrogen-bond acceptors (Lipinski definition) is 2. The standard InChI is InChI=1S/C28H37NO2Si2/c1-5-9-13-21(11-7-3)30-32-23-15-17-27-25(19-23)26-20-24(16-18-28(26)29-27)33-31-22(12-8-4)14-10-6-2/h5-8,15-22,29H,1-4,9-14,32-33H2. The number of allylic oxidation sites excluding steroid dienone is 2. The molecule has 3 nitrogen and oxygen atoms in total. The number of nitrogens with one attached hydrogen (secondary N) is 1. The summed E-state index contributed by atoms with van der Waals surface area (Å²) in [4.78, 5) is 3.56. The highest BCUT2D eigenvalue weighted by Gasteiger charge is 2.11. The second-order valence-electron chi connectivity index (χ2n) is 8.53. The maximum absolute atomic E-state index is 6.33. The summed E-state index contributed by atoms with van der Waals surface area (Å²) in [5.74, 6) is 0. The van der Waals surface area contributed by atoms with Crippen molar-refractivity contribution in [2.24, 2.45) is 0 Å². The van der Waals surface area contributed by atoms with Crippen LogP contribution in [0.1, 0.15) is 38.5 Å². The Hall–Kier alpha value is -2.45. The van der Waals surface area contributed by atoms with Crippen LogP contribution in [0.4, 0.5) is 0 Å². The lowest BCUT2D eigenvalue weighted by Crippen LogP contribution is -2.24. The summed E-state index contributed by atoms with van der Waals surface area (Å²) >= 11 is 0. The highest BCUT2D eigenvalue weighted by molar-refractivity contribution is 6.48. The zero-order valence-electron chi connectivity index (χ0n) is 19.7. The van der Waals surface area contributed by atoms with Gasteiger partial charge >= 0.3 is 0 Å². The number of rotatable bonds is 16. The van der Waals surface area contributed by atoms with E-state index in [9.17, 15) is 0 Å². The predicted molar refractivity (Wildman–Crippen MR) is 150 cm³/mol. The van der Waals surface area contributed by atoms with Crippen molar-refractivity contribution >= 4 is 51.7 Å². The molecule has 0 bridgehead atoms. The molecule has 174 valence electrons. The molecule has 1 heterocycles. The molecule has 1 N–H and O–H groups in total. The molecule has 2 unspecified atom stereocenters. The minimum absolute atomic E-state index is 0.241. The molecule has 0 radical (unpaired) electrons. The fourth-order valence-corrected chi connectivity index (χ4v) is 6.58. The van der Waals surface area contributed by atoms with E-state index in [1.807, 2.05) is 24.3 Å². The SMILES string of the molecule is C=CCCC(CC=C)O[SiH2]c1ccc2[nH]c3ccc([SiH2]OC(CC=C)CCC=C)cc3c2c1. The fraction of sp³-hybridized carbons (Fsp3) is 0.286. The lowest BCUT2D eigenvalue weighted by atomic mass is 10.1. The average Bonchev–Trinajstić information content (AvgIpc) is 3.20. The largest absolute Gasteiger partial charge is 0.415 e. The first-order valence-corrected chi connectivity index (χ1v) is 14.4. The zero-order chi connectivity index (χ0) is 23.5. The highest BCUT2D eigenvalue weighted by atomic mass is 28.2. The normalized spacial score (nSPS) is 13.8. The van der Waals surface area contributed by atoms with Gasteiger partial charge in [-0.1, -0.05) is 48.6 Å². The molecule has 0 spiro atoms. The van der Waals surface area contributed by atoms with E-state index in [4.69, 9.17) is 8.85 Å². The van der Waals surface area contributed by atoms with Crippen molar-refractivity contribution in [2.75, 3.05) is 0 Å². The lowest BCUT2D eigenvalue weighted by Gasteiger charge is -2.16. The zero-order valence-corrected chi connectivity index (χ0v) is 22.6. The van der Waals surface area contributed by atoms with E-state index in [1.165, 1.54) is 32.2 Å². The van der Waals surface area contributed by atoms with Gasteiger partial charge in [0.2, 0.25) is 0 Å². The Kier molecular flexibility index (Phi) is 10.2. The molecule has 0 aliphatic rings. The van der Waals surface area contributed by atoms with Gasteiger partial charge in [-0.25, -0.2) is 0 Å². The molecule has 0 aliphatic carbocycles. The lowest BCUT2D eigenvalue weighted by molar-refractivity contribution is 0.209. The molecule has 3 rings (SSSR count). The van der Waals surface area contributed by atoms with Gasteiger partial charge in [0.1, 0.15) is 0 Å². The Bertz CT molecular complexity index is 1000. The minimum Gasteiger partial charge on any atom is -0.415 e. The average molecular weight is 476 g/mol. The summed E-state index contributed by atoms with van der Waals surface area (Å²) in [6.07, 6.45) is 14.1. The van der Waals surface area contributed by atoms with Gasteiger partial charge in [0.25, 0.3) is 0 Å². The van der Waals surface area contributed by atoms with Crippen LogP contribution in [-0.2, 0) is 8.85 Å². The molecular formula is C28H37NO2Si2. The van der Waals surface area contributed by atoms with Gasteiger partial charge in [-0.2, -0.15) is 0 Å². The summed E-state index contributed by atoms with van der Waals surface area (Å²) < 4.78 is 12.7. The van der Waals surface area contributed by atoms with Gasteiger partial charge in [-0.05, 0) is 61.0 Å². The predicted octanol–water partition coefficient (Wildman–Crippen LogP) is 4.59.